The third kappa shape index (κ3) is 5.27. The summed E-state index contributed by atoms with van der Waals surface area (Å²) in [6, 6.07) is 13.3. The van der Waals surface area contributed by atoms with Gasteiger partial charge in [0.1, 0.15) is 5.82 Å². The summed E-state index contributed by atoms with van der Waals surface area (Å²) >= 11 is 1.21. The first kappa shape index (κ1) is 22.0. The van der Waals surface area contributed by atoms with Crippen molar-refractivity contribution < 1.29 is 9.18 Å². The highest BCUT2D eigenvalue weighted by Gasteiger charge is 2.20. The van der Waals surface area contributed by atoms with E-state index in [4.69, 9.17) is 0 Å². The number of thioether (sulfide) groups is 1. The molecule has 2 aromatic carbocycles. The molecule has 0 fully saturated rings. The van der Waals surface area contributed by atoms with Gasteiger partial charge in [-0.15, -0.1) is 0 Å². The number of hydrogen-bond donors (Lipinski definition) is 1. The number of fused-ring (bicyclic) bond motifs is 1. The summed E-state index contributed by atoms with van der Waals surface area (Å²) in [5.74, 6) is -0.829. The normalized spacial score (nSPS) is 12.1. The average Bonchev–Trinajstić information content (AvgIpc) is 2.74. The fourth-order valence-corrected chi connectivity index (χ4v) is 4.07. The van der Waals surface area contributed by atoms with Crippen molar-refractivity contribution in [3.8, 4) is 0 Å². The van der Waals surface area contributed by atoms with E-state index >= 15 is 0 Å². The predicted octanol–water partition coefficient (Wildman–Crippen LogP) is 5.24. The van der Waals surface area contributed by atoms with Crippen LogP contribution in [-0.2, 0) is 11.3 Å². The minimum absolute atomic E-state index is 0.0960. The van der Waals surface area contributed by atoms with Gasteiger partial charge in [-0.25, -0.2) is 9.37 Å². The van der Waals surface area contributed by atoms with Crippen LogP contribution in [0.4, 0.5) is 10.1 Å². The SMILES string of the molecule is CCCCCCn1c(SC(C)C(=O)Nc2ccccc2F)nc2ccccc2c1=O. The second-order valence-corrected chi connectivity index (χ2v) is 8.47. The summed E-state index contributed by atoms with van der Waals surface area (Å²) in [4.78, 5) is 30.3. The number of hydrogen-bond acceptors (Lipinski definition) is 4. The maximum absolute atomic E-state index is 13.9. The number of unbranched alkanes of at least 4 members (excludes halogenated alkanes) is 3. The maximum atomic E-state index is 13.9. The number of halogens is 1. The van der Waals surface area contributed by atoms with Gasteiger partial charge in [-0.3, -0.25) is 14.2 Å². The number of para-hydroxylation sites is 2. The molecule has 158 valence electrons. The van der Waals surface area contributed by atoms with Gasteiger partial charge in [0, 0.05) is 6.54 Å². The lowest BCUT2D eigenvalue weighted by molar-refractivity contribution is -0.115. The first-order valence-electron chi connectivity index (χ1n) is 10.2. The Morgan fingerprint density at radius 1 is 1.13 bits per heavy atom. The lowest BCUT2D eigenvalue weighted by atomic mass is 10.2. The van der Waals surface area contributed by atoms with Crippen LogP contribution >= 0.6 is 11.8 Å². The van der Waals surface area contributed by atoms with Gasteiger partial charge < -0.3 is 5.32 Å². The Bertz CT molecular complexity index is 1080. The van der Waals surface area contributed by atoms with E-state index < -0.39 is 11.1 Å². The molecule has 0 bridgehead atoms. The average molecular weight is 428 g/mol. The largest absolute Gasteiger partial charge is 0.323 e. The van der Waals surface area contributed by atoms with E-state index in [1.807, 2.05) is 12.1 Å². The maximum Gasteiger partial charge on any atom is 0.262 e. The molecule has 1 N–H and O–H groups in total. The zero-order valence-corrected chi connectivity index (χ0v) is 18.0. The van der Waals surface area contributed by atoms with Crippen LogP contribution < -0.4 is 10.9 Å². The first-order chi connectivity index (χ1) is 14.5. The van der Waals surface area contributed by atoms with Gasteiger partial charge in [0.25, 0.3) is 5.56 Å². The van der Waals surface area contributed by atoms with E-state index in [0.717, 1.165) is 25.7 Å². The van der Waals surface area contributed by atoms with E-state index in [0.29, 0.717) is 22.6 Å². The Hall–Kier alpha value is -2.67. The molecule has 1 unspecified atom stereocenters. The minimum Gasteiger partial charge on any atom is -0.323 e. The third-order valence-corrected chi connectivity index (χ3v) is 5.94. The molecule has 0 radical (unpaired) electrons. The zero-order chi connectivity index (χ0) is 21.5. The monoisotopic (exact) mass is 427 g/mol. The number of benzene rings is 2. The summed E-state index contributed by atoms with van der Waals surface area (Å²) in [7, 11) is 0. The zero-order valence-electron chi connectivity index (χ0n) is 17.2. The van der Waals surface area contributed by atoms with Crippen molar-refractivity contribution in [2.24, 2.45) is 0 Å². The molecule has 3 aromatic rings. The molecule has 1 aromatic heterocycles. The van der Waals surface area contributed by atoms with Crippen molar-refractivity contribution in [1.82, 2.24) is 9.55 Å². The molecular formula is C23H26FN3O2S. The number of nitrogens with one attached hydrogen (secondary N) is 1. The second-order valence-electron chi connectivity index (χ2n) is 7.16. The van der Waals surface area contributed by atoms with Crippen LogP contribution in [0.5, 0.6) is 0 Å². The van der Waals surface area contributed by atoms with Gasteiger partial charge in [0.15, 0.2) is 5.16 Å². The first-order valence-corrected chi connectivity index (χ1v) is 11.1. The van der Waals surface area contributed by atoms with Gasteiger partial charge in [-0.05, 0) is 37.6 Å². The molecule has 0 aliphatic heterocycles. The molecule has 3 rings (SSSR count). The molecule has 0 aliphatic rings. The summed E-state index contributed by atoms with van der Waals surface area (Å²) in [5.41, 5.74) is 0.649. The molecule has 0 saturated carbocycles. The van der Waals surface area contributed by atoms with Crippen molar-refractivity contribution in [3.05, 3.63) is 64.7 Å². The number of rotatable bonds is 9. The Kier molecular flexibility index (Phi) is 7.63. The smallest absolute Gasteiger partial charge is 0.262 e. The van der Waals surface area contributed by atoms with Crippen molar-refractivity contribution >= 4 is 34.3 Å². The Balaban J connectivity index is 1.84. The minimum atomic E-state index is -0.556. The molecule has 0 saturated heterocycles. The molecule has 0 aliphatic carbocycles. The number of nitrogens with zero attached hydrogens (tertiary/aromatic N) is 2. The Labute approximate surface area is 179 Å². The van der Waals surface area contributed by atoms with Crippen LogP contribution in [0.2, 0.25) is 0 Å². The van der Waals surface area contributed by atoms with E-state index in [2.05, 4.69) is 17.2 Å². The highest BCUT2D eigenvalue weighted by atomic mass is 32.2. The van der Waals surface area contributed by atoms with Crippen LogP contribution in [0.1, 0.15) is 39.5 Å². The molecule has 5 nitrogen and oxygen atoms in total. The summed E-state index contributed by atoms with van der Waals surface area (Å²) in [6.45, 7) is 4.42. The summed E-state index contributed by atoms with van der Waals surface area (Å²) in [6.07, 6.45) is 4.12. The highest BCUT2D eigenvalue weighted by molar-refractivity contribution is 8.00. The molecule has 1 amide bonds. The standard InChI is InChI=1S/C23H26FN3O2S/c1-3-4-5-10-15-27-22(29)17-11-6-8-13-19(17)26-23(27)30-16(2)21(28)25-20-14-9-7-12-18(20)24/h6-9,11-14,16H,3-5,10,15H2,1-2H3,(H,25,28). The molecule has 0 spiro atoms. The number of anilines is 1. The van der Waals surface area contributed by atoms with Gasteiger partial charge in [0.2, 0.25) is 5.91 Å². The number of carbonyl (C=O) groups is 1. The van der Waals surface area contributed by atoms with Crippen LogP contribution in [0.25, 0.3) is 10.9 Å². The molecule has 7 heteroatoms. The van der Waals surface area contributed by atoms with Gasteiger partial charge >= 0.3 is 0 Å². The van der Waals surface area contributed by atoms with E-state index in [1.165, 1.54) is 23.9 Å². The molecule has 1 atom stereocenters. The predicted molar refractivity (Wildman–Crippen MR) is 120 cm³/mol. The Morgan fingerprint density at radius 2 is 1.87 bits per heavy atom. The van der Waals surface area contributed by atoms with Gasteiger partial charge in [0.05, 0.1) is 21.8 Å². The van der Waals surface area contributed by atoms with Gasteiger partial charge in [-0.1, -0.05) is 62.2 Å². The van der Waals surface area contributed by atoms with Crippen molar-refractivity contribution in [2.75, 3.05) is 5.32 Å². The van der Waals surface area contributed by atoms with Crippen molar-refractivity contribution in [2.45, 2.75) is 56.5 Å². The fourth-order valence-electron chi connectivity index (χ4n) is 3.14. The quantitative estimate of drug-likeness (QED) is 0.288. The summed E-state index contributed by atoms with van der Waals surface area (Å²) in [5, 5.41) is 3.13. The fraction of sp³-hybridized carbons (Fsp3) is 0.348. The van der Waals surface area contributed by atoms with E-state index in [9.17, 15) is 14.0 Å². The molecular weight excluding hydrogens is 401 g/mol. The number of carbonyl (C=O) groups excluding carboxylic acids is 1. The third-order valence-electron chi connectivity index (χ3n) is 4.85. The number of aromatic nitrogens is 2. The van der Waals surface area contributed by atoms with Crippen LogP contribution in [0.3, 0.4) is 0 Å². The highest BCUT2D eigenvalue weighted by Crippen LogP contribution is 2.24. The molecule has 30 heavy (non-hydrogen) atoms. The number of amides is 1. The Morgan fingerprint density at radius 3 is 2.63 bits per heavy atom. The van der Waals surface area contributed by atoms with Crippen molar-refractivity contribution in [1.29, 1.82) is 0 Å². The van der Waals surface area contributed by atoms with Crippen LogP contribution in [0.15, 0.2) is 58.5 Å². The topological polar surface area (TPSA) is 64.0 Å². The van der Waals surface area contributed by atoms with Crippen molar-refractivity contribution in [3.63, 3.8) is 0 Å². The van der Waals surface area contributed by atoms with Gasteiger partial charge in [-0.2, -0.15) is 0 Å². The van der Waals surface area contributed by atoms with Crippen LogP contribution in [0, 0.1) is 5.82 Å². The lowest BCUT2D eigenvalue weighted by Crippen LogP contribution is -2.27. The van der Waals surface area contributed by atoms with E-state index in [1.54, 1.807) is 35.8 Å². The molecule has 1 heterocycles. The van der Waals surface area contributed by atoms with Crippen LogP contribution in [-0.4, -0.2) is 20.7 Å². The second kappa shape index (κ2) is 10.4. The summed E-state index contributed by atoms with van der Waals surface area (Å²) < 4.78 is 15.5. The van der Waals surface area contributed by atoms with E-state index in [-0.39, 0.29) is 17.2 Å². The lowest BCUT2D eigenvalue weighted by Gasteiger charge is -2.16.